The van der Waals surface area contributed by atoms with Gasteiger partial charge in [-0.3, -0.25) is 19.4 Å². The number of hydrogen-bond acceptors (Lipinski definition) is 7. The predicted molar refractivity (Wildman–Crippen MR) is 120 cm³/mol. The van der Waals surface area contributed by atoms with Crippen LogP contribution >= 0.6 is 0 Å². The molecule has 13 nitrogen and oxygen atoms in total. The summed E-state index contributed by atoms with van der Waals surface area (Å²) in [5.74, 6) is -3.38. The Morgan fingerprint density at radius 1 is 0.875 bits per heavy atom. The van der Waals surface area contributed by atoms with Gasteiger partial charge in [0.25, 0.3) is 0 Å². The Kier molecular flexibility index (Phi) is 14.4. The van der Waals surface area contributed by atoms with E-state index in [-0.39, 0.29) is 37.8 Å². The molecule has 0 aromatic rings. The first-order valence-corrected chi connectivity index (χ1v) is 10.6. The Morgan fingerprint density at radius 2 is 1.44 bits per heavy atom. The Hall–Kier alpha value is -2.93. The van der Waals surface area contributed by atoms with E-state index in [2.05, 4.69) is 20.9 Å². The number of amides is 3. The summed E-state index contributed by atoms with van der Waals surface area (Å²) in [7, 11) is 0. The predicted octanol–water partition coefficient (Wildman–Crippen LogP) is -2.68. The van der Waals surface area contributed by atoms with Gasteiger partial charge in [-0.05, 0) is 44.6 Å². The number of guanidine groups is 1. The van der Waals surface area contributed by atoms with Crippen molar-refractivity contribution in [1.82, 2.24) is 16.0 Å². The average Bonchev–Trinajstić information content (AvgIpc) is 2.72. The van der Waals surface area contributed by atoms with Gasteiger partial charge < -0.3 is 44.0 Å². The van der Waals surface area contributed by atoms with E-state index < -0.39 is 41.8 Å². The lowest BCUT2D eigenvalue weighted by Crippen LogP contribution is -2.56. The molecular weight excluding hydrogens is 420 g/mol. The fourth-order valence-electron chi connectivity index (χ4n) is 2.83. The van der Waals surface area contributed by atoms with E-state index >= 15 is 0 Å². The Bertz CT molecular complexity index is 652. The molecule has 0 heterocycles. The number of carboxylic acid groups (broad SMARTS) is 1. The lowest BCUT2D eigenvalue weighted by molar-refractivity contribution is -0.143. The second-order valence-corrected chi connectivity index (χ2v) is 7.69. The highest BCUT2D eigenvalue weighted by atomic mass is 16.4. The zero-order valence-electron chi connectivity index (χ0n) is 18.8. The lowest BCUT2D eigenvalue weighted by atomic mass is 10.0. The maximum absolute atomic E-state index is 12.9. The van der Waals surface area contributed by atoms with Crippen LogP contribution in [0.2, 0.25) is 0 Å². The summed E-state index contributed by atoms with van der Waals surface area (Å²) < 4.78 is 0. The molecule has 0 aliphatic carbocycles. The number of hydrogen-bond donors (Lipinski definition) is 8. The summed E-state index contributed by atoms with van der Waals surface area (Å²) >= 11 is 0. The topological polar surface area (TPSA) is 241 Å². The van der Waals surface area contributed by atoms with E-state index in [1.54, 1.807) is 13.8 Å². The van der Waals surface area contributed by atoms with E-state index in [4.69, 9.17) is 22.9 Å². The molecule has 0 rings (SSSR count). The molecule has 0 aromatic heterocycles. The Morgan fingerprint density at radius 3 is 1.94 bits per heavy atom. The van der Waals surface area contributed by atoms with Crippen LogP contribution in [0, 0.1) is 5.92 Å². The van der Waals surface area contributed by atoms with Crippen LogP contribution in [0.25, 0.3) is 0 Å². The van der Waals surface area contributed by atoms with Crippen molar-refractivity contribution in [2.45, 2.75) is 64.1 Å². The van der Waals surface area contributed by atoms with Gasteiger partial charge in [0.05, 0.1) is 6.54 Å². The molecule has 0 aromatic carbocycles. The maximum Gasteiger partial charge on any atom is 0.326 e. The van der Waals surface area contributed by atoms with Crippen molar-refractivity contribution < 1.29 is 24.3 Å². The van der Waals surface area contributed by atoms with Crippen LogP contribution in [0.4, 0.5) is 0 Å². The molecule has 0 saturated heterocycles. The monoisotopic (exact) mass is 458 g/mol. The van der Waals surface area contributed by atoms with Crippen molar-refractivity contribution in [1.29, 1.82) is 0 Å². The first-order valence-electron chi connectivity index (χ1n) is 10.6. The number of carbonyl (C=O) groups excluding carboxylic acids is 3. The van der Waals surface area contributed by atoms with Crippen molar-refractivity contribution in [3.63, 3.8) is 0 Å². The highest BCUT2D eigenvalue weighted by molar-refractivity contribution is 5.93. The molecule has 0 bridgehead atoms. The van der Waals surface area contributed by atoms with Gasteiger partial charge in [0, 0.05) is 6.54 Å². The second kappa shape index (κ2) is 15.8. The van der Waals surface area contributed by atoms with E-state index in [1.807, 2.05) is 0 Å². The molecule has 0 saturated carbocycles. The van der Waals surface area contributed by atoms with E-state index in [0.29, 0.717) is 25.8 Å². The third-order valence-electron chi connectivity index (χ3n) is 4.59. The maximum atomic E-state index is 12.9. The number of rotatable bonds is 16. The number of aliphatic imine (C=N–C) groups is 1. The molecule has 0 aliphatic rings. The van der Waals surface area contributed by atoms with E-state index in [1.165, 1.54) is 0 Å². The number of nitrogens with zero attached hydrogens (tertiary/aromatic N) is 1. The van der Waals surface area contributed by atoms with Crippen LogP contribution in [0.1, 0.15) is 46.0 Å². The van der Waals surface area contributed by atoms with Gasteiger partial charge in [-0.25, -0.2) is 4.79 Å². The Labute approximate surface area is 188 Å². The molecule has 12 N–H and O–H groups in total. The number of carboxylic acids is 1. The normalized spacial score (nSPS) is 13.5. The fourth-order valence-corrected chi connectivity index (χ4v) is 2.83. The van der Waals surface area contributed by atoms with Gasteiger partial charge in [0.2, 0.25) is 17.7 Å². The molecule has 0 fully saturated rings. The smallest absolute Gasteiger partial charge is 0.326 e. The van der Waals surface area contributed by atoms with Crippen LogP contribution in [0.5, 0.6) is 0 Å². The third kappa shape index (κ3) is 12.1. The van der Waals surface area contributed by atoms with Crippen LogP contribution in [-0.4, -0.2) is 72.5 Å². The Balaban J connectivity index is 5.37. The summed E-state index contributed by atoms with van der Waals surface area (Å²) in [4.78, 5) is 52.6. The van der Waals surface area contributed by atoms with Crippen LogP contribution < -0.4 is 38.9 Å². The average molecular weight is 459 g/mol. The molecule has 3 amide bonds. The summed E-state index contributed by atoms with van der Waals surface area (Å²) in [5.41, 5.74) is 21.4. The molecule has 13 heteroatoms. The van der Waals surface area contributed by atoms with Crippen molar-refractivity contribution >= 4 is 29.7 Å². The number of nitrogens with two attached hydrogens (primary N) is 4. The molecular formula is C19H38N8O5. The van der Waals surface area contributed by atoms with Gasteiger partial charge in [0.15, 0.2) is 5.96 Å². The highest BCUT2D eigenvalue weighted by Crippen LogP contribution is 2.07. The quantitative estimate of drug-likeness (QED) is 0.0681. The summed E-state index contributed by atoms with van der Waals surface area (Å²) in [6.45, 7) is 3.67. The zero-order valence-corrected chi connectivity index (χ0v) is 18.8. The molecule has 3 atom stereocenters. The van der Waals surface area contributed by atoms with Crippen molar-refractivity contribution in [2.75, 3.05) is 19.6 Å². The van der Waals surface area contributed by atoms with Gasteiger partial charge in [-0.1, -0.05) is 13.8 Å². The minimum Gasteiger partial charge on any atom is -0.480 e. The largest absolute Gasteiger partial charge is 0.480 e. The van der Waals surface area contributed by atoms with Crippen LogP contribution in [0.3, 0.4) is 0 Å². The first kappa shape index (κ1) is 29.1. The molecule has 3 unspecified atom stereocenters. The standard InChI is InChI=1S/C19H38N8O5/c1-11(2)15(18(31)32)27-17(30)13(6-3-4-8-20)26-16(29)12(25-14(28)10-21)7-5-9-24-19(22)23/h11-13,15H,3-10,20-21H2,1-2H3,(H,25,28)(H,26,29)(H,27,30)(H,31,32)(H4,22,23,24). The molecule has 32 heavy (non-hydrogen) atoms. The van der Waals surface area contributed by atoms with E-state index in [0.717, 1.165) is 0 Å². The summed E-state index contributed by atoms with van der Waals surface area (Å²) in [6.07, 6.45) is 2.01. The minimum atomic E-state index is -1.17. The number of carbonyl (C=O) groups is 4. The molecule has 0 aliphatic heterocycles. The van der Waals surface area contributed by atoms with Gasteiger partial charge >= 0.3 is 5.97 Å². The van der Waals surface area contributed by atoms with Gasteiger partial charge in [-0.2, -0.15) is 0 Å². The summed E-state index contributed by atoms with van der Waals surface area (Å²) in [5, 5.41) is 16.9. The molecule has 184 valence electrons. The van der Waals surface area contributed by atoms with Crippen LogP contribution in [-0.2, 0) is 19.2 Å². The number of unbranched alkanes of at least 4 members (excludes halogenated alkanes) is 1. The highest BCUT2D eigenvalue weighted by Gasteiger charge is 2.30. The molecule has 0 radical (unpaired) electrons. The summed E-state index contributed by atoms with van der Waals surface area (Å²) in [6, 6.07) is -3.07. The van der Waals surface area contributed by atoms with Gasteiger partial charge in [0.1, 0.15) is 18.1 Å². The fraction of sp³-hybridized carbons (Fsp3) is 0.737. The van der Waals surface area contributed by atoms with E-state index in [9.17, 15) is 24.3 Å². The van der Waals surface area contributed by atoms with Crippen molar-refractivity contribution in [2.24, 2.45) is 33.8 Å². The number of aliphatic carboxylic acids is 1. The van der Waals surface area contributed by atoms with Crippen LogP contribution in [0.15, 0.2) is 4.99 Å². The first-order chi connectivity index (χ1) is 15.0. The molecule has 0 spiro atoms. The lowest BCUT2D eigenvalue weighted by Gasteiger charge is -2.25. The zero-order chi connectivity index (χ0) is 24.7. The van der Waals surface area contributed by atoms with Crippen molar-refractivity contribution in [3.05, 3.63) is 0 Å². The number of nitrogens with one attached hydrogen (secondary N) is 3. The third-order valence-corrected chi connectivity index (χ3v) is 4.59. The second-order valence-electron chi connectivity index (χ2n) is 7.69. The van der Waals surface area contributed by atoms with Crippen molar-refractivity contribution in [3.8, 4) is 0 Å². The minimum absolute atomic E-state index is 0.0910. The van der Waals surface area contributed by atoms with Gasteiger partial charge in [-0.15, -0.1) is 0 Å². The SMILES string of the molecule is CC(C)C(NC(=O)C(CCCCN)NC(=O)C(CCCN=C(N)N)NC(=O)CN)C(=O)O.